The van der Waals surface area contributed by atoms with Crippen molar-refractivity contribution in [2.45, 2.75) is 33.6 Å². The molecule has 2 unspecified atom stereocenters. The lowest BCUT2D eigenvalue weighted by Gasteiger charge is -2.44. The van der Waals surface area contributed by atoms with Crippen LogP contribution in [0.25, 0.3) is 16.5 Å². The first-order valence-corrected chi connectivity index (χ1v) is 9.84. The highest BCUT2D eigenvalue weighted by Crippen LogP contribution is 2.50. The summed E-state index contributed by atoms with van der Waals surface area (Å²) >= 11 is 0. The zero-order chi connectivity index (χ0) is 21.1. The number of aliphatic carboxylic acids is 1. The van der Waals surface area contributed by atoms with Crippen LogP contribution in [-0.4, -0.2) is 41.0 Å². The molecule has 1 aliphatic heterocycles. The average molecular weight is 394 g/mol. The molecule has 4 rings (SSSR count). The quantitative estimate of drug-likeness (QED) is 0.785. The van der Waals surface area contributed by atoms with E-state index in [0.717, 1.165) is 39.7 Å². The van der Waals surface area contributed by atoms with Crippen LogP contribution in [0.4, 0.5) is 0 Å². The van der Waals surface area contributed by atoms with Crippen molar-refractivity contribution < 1.29 is 19.4 Å². The van der Waals surface area contributed by atoms with Crippen LogP contribution in [0, 0.1) is 17.3 Å². The van der Waals surface area contributed by atoms with Crippen LogP contribution in [0.1, 0.15) is 38.4 Å². The average Bonchev–Trinajstić information content (AvgIpc) is 2.67. The van der Waals surface area contributed by atoms with Crippen LogP contribution >= 0.6 is 0 Å². The molecule has 2 heterocycles. The van der Waals surface area contributed by atoms with Crippen LogP contribution in [0.5, 0.6) is 5.88 Å². The predicted molar refractivity (Wildman–Crippen MR) is 110 cm³/mol. The second-order valence-corrected chi connectivity index (χ2v) is 8.98. The lowest BCUT2D eigenvalue weighted by Crippen LogP contribution is -2.45. The molecule has 0 spiro atoms. The normalized spacial score (nSPS) is 21.8. The highest BCUT2D eigenvalue weighted by atomic mass is 16.5. The Labute approximate surface area is 170 Å². The number of fused-ring (bicyclic) bond motifs is 4. The number of carbonyl (C=O) groups is 2. The number of rotatable bonds is 2. The number of carboxylic acid groups (broad SMARTS) is 1. The molecule has 1 amide bonds. The molecule has 29 heavy (non-hydrogen) atoms. The molecule has 152 valence electrons. The Hall–Kier alpha value is -2.89. The number of ether oxygens (including phenoxy) is 1. The Morgan fingerprint density at radius 1 is 1.21 bits per heavy atom. The van der Waals surface area contributed by atoms with Gasteiger partial charge in [0, 0.05) is 12.4 Å². The van der Waals surface area contributed by atoms with Crippen LogP contribution in [0.15, 0.2) is 29.8 Å². The molecular weight excluding hydrogens is 368 g/mol. The minimum Gasteiger partial charge on any atom is -0.481 e. The monoisotopic (exact) mass is 394 g/mol. The number of hydrogen-bond acceptors (Lipinski definition) is 4. The van der Waals surface area contributed by atoms with Crippen molar-refractivity contribution in [3.63, 3.8) is 0 Å². The van der Waals surface area contributed by atoms with Gasteiger partial charge in [-0.3, -0.25) is 9.59 Å². The van der Waals surface area contributed by atoms with Crippen molar-refractivity contribution in [1.29, 1.82) is 0 Å². The van der Waals surface area contributed by atoms with E-state index in [2.05, 4.69) is 26.8 Å². The maximum Gasteiger partial charge on any atom is 0.316 e. The first-order valence-electron chi connectivity index (χ1n) is 9.84. The van der Waals surface area contributed by atoms with Gasteiger partial charge in [0.15, 0.2) is 0 Å². The summed E-state index contributed by atoms with van der Waals surface area (Å²) in [6.07, 6.45) is 0.982. The van der Waals surface area contributed by atoms with Crippen molar-refractivity contribution in [3.05, 3.63) is 41.1 Å². The number of amides is 1. The third-order valence-electron chi connectivity index (χ3n) is 6.26. The minimum atomic E-state index is -1.07. The van der Waals surface area contributed by atoms with Gasteiger partial charge in [-0.25, -0.2) is 4.98 Å². The molecule has 1 aromatic carbocycles. The van der Waals surface area contributed by atoms with E-state index in [4.69, 9.17) is 9.72 Å². The molecule has 0 saturated carbocycles. The molecular formula is C23H26N2O4. The number of carbonyl (C=O) groups excluding carboxylic acids is 1. The summed E-state index contributed by atoms with van der Waals surface area (Å²) in [6.45, 7) is 6.50. The number of carboxylic acids is 1. The Morgan fingerprint density at radius 2 is 1.86 bits per heavy atom. The Kier molecular flexibility index (Phi) is 4.41. The van der Waals surface area contributed by atoms with Crippen molar-refractivity contribution in [1.82, 2.24) is 9.88 Å². The number of hydrogen-bond donors (Lipinski definition) is 1. The fourth-order valence-electron chi connectivity index (χ4n) is 4.78. The number of benzene rings is 1. The van der Waals surface area contributed by atoms with E-state index in [0.29, 0.717) is 5.88 Å². The fourth-order valence-corrected chi connectivity index (χ4v) is 4.78. The third kappa shape index (κ3) is 2.89. The topological polar surface area (TPSA) is 79.7 Å². The van der Waals surface area contributed by atoms with Crippen molar-refractivity contribution in [2.24, 2.45) is 17.3 Å². The zero-order valence-electron chi connectivity index (χ0n) is 17.4. The maximum absolute atomic E-state index is 12.9. The summed E-state index contributed by atoms with van der Waals surface area (Å²) in [4.78, 5) is 30.9. The lowest BCUT2D eigenvalue weighted by molar-refractivity contribution is -0.149. The van der Waals surface area contributed by atoms with E-state index < -0.39 is 17.8 Å². The van der Waals surface area contributed by atoms with E-state index in [1.807, 2.05) is 18.2 Å². The van der Waals surface area contributed by atoms with Crippen LogP contribution in [0.2, 0.25) is 0 Å². The standard InChI is InChI=1S/C23H26N2O4/c1-23(2,3)17-11-14-12-8-6-7-9-13(12)20(29-5)24-18(14)19-15(17)10-16(22(27)28)21(26)25(19)4/h6-9,16-17H,10-11H2,1-5H3,(H,27,28). The summed E-state index contributed by atoms with van der Waals surface area (Å²) in [7, 11) is 3.25. The summed E-state index contributed by atoms with van der Waals surface area (Å²) in [5.74, 6) is -1.89. The van der Waals surface area contributed by atoms with E-state index in [-0.39, 0.29) is 17.8 Å². The largest absolute Gasteiger partial charge is 0.481 e. The highest BCUT2D eigenvalue weighted by molar-refractivity contribution is 6.04. The van der Waals surface area contributed by atoms with Crippen molar-refractivity contribution in [3.8, 4) is 5.88 Å². The van der Waals surface area contributed by atoms with E-state index in [1.54, 1.807) is 14.2 Å². The molecule has 0 radical (unpaired) electrons. The molecule has 1 N–H and O–H groups in total. The van der Waals surface area contributed by atoms with Gasteiger partial charge in [0.2, 0.25) is 11.8 Å². The van der Waals surface area contributed by atoms with Gasteiger partial charge >= 0.3 is 5.97 Å². The molecule has 0 bridgehead atoms. The Bertz CT molecular complexity index is 1060. The molecule has 2 aromatic rings. The molecule has 2 aliphatic rings. The number of pyridine rings is 1. The summed E-state index contributed by atoms with van der Waals surface area (Å²) in [5, 5.41) is 11.6. The Balaban J connectivity index is 2.05. The fraction of sp³-hybridized carbons (Fsp3) is 0.435. The first kappa shape index (κ1) is 19.4. The van der Waals surface area contributed by atoms with E-state index in [9.17, 15) is 14.7 Å². The van der Waals surface area contributed by atoms with Gasteiger partial charge in [-0.1, -0.05) is 39.0 Å². The van der Waals surface area contributed by atoms with E-state index in [1.165, 1.54) is 4.90 Å². The SMILES string of the molecule is COc1nc2c(c3ccccc13)CC(C(C)(C)C)C1=C2N(C)C(=O)C(C(=O)O)C1. The van der Waals surface area contributed by atoms with Crippen molar-refractivity contribution in [2.75, 3.05) is 14.2 Å². The second kappa shape index (κ2) is 6.58. The number of allylic oxidation sites excluding steroid dienone is 1. The molecule has 0 fully saturated rings. The first-order chi connectivity index (χ1) is 13.6. The van der Waals surface area contributed by atoms with Crippen LogP contribution in [0.3, 0.4) is 0 Å². The van der Waals surface area contributed by atoms with Gasteiger partial charge < -0.3 is 14.7 Å². The van der Waals surface area contributed by atoms with Crippen LogP contribution < -0.4 is 4.74 Å². The molecule has 6 heteroatoms. The molecule has 1 aromatic heterocycles. The molecule has 6 nitrogen and oxygen atoms in total. The summed E-state index contributed by atoms with van der Waals surface area (Å²) < 4.78 is 5.56. The maximum atomic E-state index is 12.9. The van der Waals surface area contributed by atoms with Gasteiger partial charge in [0.05, 0.1) is 18.5 Å². The predicted octanol–water partition coefficient (Wildman–Crippen LogP) is 3.74. The zero-order valence-corrected chi connectivity index (χ0v) is 17.4. The lowest BCUT2D eigenvalue weighted by atomic mass is 9.66. The molecule has 2 atom stereocenters. The third-order valence-corrected chi connectivity index (χ3v) is 6.26. The summed E-state index contributed by atoms with van der Waals surface area (Å²) in [5.41, 5.74) is 3.48. The van der Waals surface area contributed by atoms with Crippen LogP contribution in [-0.2, 0) is 16.0 Å². The molecule has 0 saturated heterocycles. The minimum absolute atomic E-state index is 0.0937. The summed E-state index contributed by atoms with van der Waals surface area (Å²) in [6, 6.07) is 8.01. The van der Waals surface area contributed by atoms with Gasteiger partial charge in [-0.2, -0.15) is 0 Å². The van der Waals surface area contributed by atoms with E-state index >= 15 is 0 Å². The second-order valence-electron chi connectivity index (χ2n) is 8.98. The Morgan fingerprint density at radius 3 is 2.45 bits per heavy atom. The van der Waals surface area contributed by atoms with Gasteiger partial charge in [0.1, 0.15) is 5.92 Å². The van der Waals surface area contributed by atoms with Crippen molar-refractivity contribution >= 4 is 28.3 Å². The molecule has 1 aliphatic carbocycles. The number of methoxy groups -OCH3 is 1. The van der Waals surface area contributed by atoms with Gasteiger partial charge in [-0.15, -0.1) is 0 Å². The number of aromatic nitrogens is 1. The highest BCUT2D eigenvalue weighted by Gasteiger charge is 2.46. The van der Waals surface area contributed by atoms with Gasteiger partial charge in [-0.05, 0) is 46.8 Å². The smallest absolute Gasteiger partial charge is 0.316 e. The number of nitrogens with zero attached hydrogens (tertiary/aromatic N) is 2. The van der Waals surface area contributed by atoms with Gasteiger partial charge in [0.25, 0.3) is 0 Å².